The molecule has 1 N–H and O–H groups in total. The van der Waals surface area contributed by atoms with Gasteiger partial charge < -0.3 is 10.0 Å². The number of halogens is 1. The normalized spacial score (nSPS) is 22.0. The van der Waals surface area contributed by atoms with E-state index < -0.39 is 5.97 Å². The van der Waals surface area contributed by atoms with Gasteiger partial charge in [0, 0.05) is 25.6 Å². The molecule has 2 heterocycles. The highest BCUT2D eigenvalue weighted by molar-refractivity contribution is 5.85. The minimum absolute atomic E-state index is 0. The molecule has 4 rings (SSSR count). The molecule has 0 spiro atoms. The van der Waals surface area contributed by atoms with Crippen molar-refractivity contribution in [2.45, 2.75) is 57.4 Å². The number of aliphatic carboxylic acids is 1. The molecule has 1 aliphatic heterocycles. The summed E-state index contributed by atoms with van der Waals surface area (Å²) >= 11 is 0. The Morgan fingerprint density at radius 1 is 1.13 bits per heavy atom. The Labute approximate surface area is 183 Å². The SMILES string of the molecule is CN1CCc2ccc(-n3ncn([C@H]4CC[C@H](CCC(=O)O)CC4)c3=O)cc2CC1.Cl. The molecule has 2 aliphatic rings. The Kier molecular flexibility index (Phi) is 7.36. The minimum atomic E-state index is -0.725. The molecular formula is C22H31ClN4O3. The molecule has 1 aromatic carbocycles. The first kappa shape index (κ1) is 22.6. The van der Waals surface area contributed by atoms with Gasteiger partial charge in [0.15, 0.2) is 0 Å². The highest BCUT2D eigenvalue weighted by Crippen LogP contribution is 2.33. The number of carboxylic acid groups (broad SMARTS) is 1. The Morgan fingerprint density at radius 2 is 1.83 bits per heavy atom. The van der Waals surface area contributed by atoms with Crippen molar-refractivity contribution in [3.8, 4) is 5.69 Å². The summed E-state index contributed by atoms with van der Waals surface area (Å²) < 4.78 is 3.29. The highest BCUT2D eigenvalue weighted by Gasteiger charge is 2.25. The van der Waals surface area contributed by atoms with Crippen LogP contribution in [0.3, 0.4) is 0 Å². The predicted molar refractivity (Wildman–Crippen MR) is 118 cm³/mol. The number of rotatable bonds is 5. The molecule has 0 radical (unpaired) electrons. The van der Waals surface area contributed by atoms with Gasteiger partial charge in [-0.25, -0.2) is 4.79 Å². The van der Waals surface area contributed by atoms with Crippen LogP contribution in [-0.4, -0.2) is 50.5 Å². The number of carboxylic acids is 1. The third-order valence-electron chi connectivity index (χ3n) is 6.63. The van der Waals surface area contributed by atoms with Crippen LogP contribution >= 0.6 is 12.4 Å². The molecule has 1 aliphatic carbocycles. The fraction of sp³-hybridized carbons (Fsp3) is 0.591. The number of fused-ring (bicyclic) bond motifs is 1. The van der Waals surface area contributed by atoms with Crippen molar-refractivity contribution in [2.75, 3.05) is 20.1 Å². The third kappa shape index (κ3) is 4.95. The van der Waals surface area contributed by atoms with E-state index in [4.69, 9.17) is 5.11 Å². The van der Waals surface area contributed by atoms with Crippen LogP contribution in [0.25, 0.3) is 5.69 Å². The van der Waals surface area contributed by atoms with Crippen molar-refractivity contribution >= 4 is 18.4 Å². The van der Waals surface area contributed by atoms with Crippen LogP contribution in [0.5, 0.6) is 0 Å². The van der Waals surface area contributed by atoms with Crippen LogP contribution in [0.2, 0.25) is 0 Å². The van der Waals surface area contributed by atoms with Gasteiger partial charge in [-0.05, 0) is 81.2 Å². The summed E-state index contributed by atoms with van der Waals surface area (Å²) in [6.07, 6.45) is 8.45. The van der Waals surface area contributed by atoms with Crippen molar-refractivity contribution in [2.24, 2.45) is 5.92 Å². The van der Waals surface area contributed by atoms with Gasteiger partial charge in [0.1, 0.15) is 6.33 Å². The van der Waals surface area contributed by atoms with E-state index in [1.807, 2.05) is 6.07 Å². The van der Waals surface area contributed by atoms with Crippen molar-refractivity contribution in [3.05, 3.63) is 46.1 Å². The lowest BCUT2D eigenvalue weighted by atomic mass is 9.83. The largest absolute Gasteiger partial charge is 0.481 e. The van der Waals surface area contributed by atoms with Gasteiger partial charge in [-0.15, -0.1) is 12.4 Å². The summed E-state index contributed by atoms with van der Waals surface area (Å²) in [5, 5.41) is 13.3. The topological polar surface area (TPSA) is 80.4 Å². The fourth-order valence-corrected chi connectivity index (χ4v) is 4.74. The average Bonchev–Trinajstić information content (AvgIpc) is 3.00. The van der Waals surface area contributed by atoms with Gasteiger partial charge in [-0.3, -0.25) is 9.36 Å². The maximum absolute atomic E-state index is 13.0. The van der Waals surface area contributed by atoms with Crippen LogP contribution in [0.4, 0.5) is 0 Å². The highest BCUT2D eigenvalue weighted by atomic mass is 35.5. The maximum atomic E-state index is 13.0. The zero-order chi connectivity index (χ0) is 20.4. The molecule has 0 amide bonds. The predicted octanol–water partition coefficient (Wildman–Crippen LogP) is 3.08. The van der Waals surface area contributed by atoms with Crippen molar-refractivity contribution < 1.29 is 9.90 Å². The molecule has 30 heavy (non-hydrogen) atoms. The summed E-state index contributed by atoms with van der Waals surface area (Å²) in [6.45, 7) is 2.10. The Hall–Kier alpha value is -2.12. The molecule has 1 aromatic heterocycles. The number of aromatic nitrogens is 3. The van der Waals surface area contributed by atoms with Crippen LogP contribution in [0.15, 0.2) is 29.3 Å². The Bertz CT molecular complexity index is 931. The fourth-order valence-electron chi connectivity index (χ4n) is 4.74. The molecule has 0 atom stereocenters. The van der Waals surface area contributed by atoms with Gasteiger partial charge >= 0.3 is 11.7 Å². The van der Waals surface area contributed by atoms with Gasteiger partial charge in [0.2, 0.25) is 0 Å². The van der Waals surface area contributed by atoms with Crippen molar-refractivity contribution in [3.63, 3.8) is 0 Å². The monoisotopic (exact) mass is 434 g/mol. The number of hydrogen-bond donors (Lipinski definition) is 1. The van der Waals surface area contributed by atoms with Gasteiger partial charge in [-0.1, -0.05) is 6.07 Å². The summed E-state index contributed by atoms with van der Waals surface area (Å²) in [7, 11) is 2.15. The molecule has 1 saturated carbocycles. The van der Waals surface area contributed by atoms with E-state index in [-0.39, 0.29) is 30.6 Å². The molecule has 1 fully saturated rings. The molecule has 2 aromatic rings. The number of carbonyl (C=O) groups is 1. The molecule has 0 unspecified atom stereocenters. The number of nitrogens with zero attached hydrogens (tertiary/aromatic N) is 4. The van der Waals surface area contributed by atoms with Gasteiger partial charge in [0.25, 0.3) is 0 Å². The summed E-state index contributed by atoms with van der Waals surface area (Å²) in [5.41, 5.74) is 3.44. The Morgan fingerprint density at radius 3 is 2.53 bits per heavy atom. The first-order chi connectivity index (χ1) is 14.0. The smallest absolute Gasteiger partial charge is 0.350 e. The van der Waals surface area contributed by atoms with E-state index >= 15 is 0 Å². The van der Waals surface area contributed by atoms with E-state index in [1.165, 1.54) is 15.8 Å². The van der Waals surface area contributed by atoms with Crippen LogP contribution in [-0.2, 0) is 17.6 Å². The quantitative estimate of drug-likeness (QED) is 0.782. The summed E-state index contributed by atoms with van der Waals surface area (Å²) in [5.74, 6) is -0.271. The first-order valence-electron chi connectivity index (χ1n) is 10.7. The van der Waals surface area contributed by atoms with Crippen LogP contribution in [0, 0.1) is 5.92 Å². The third-order valence-corrected chi connectivity index (χ3v) is 6.63. The van der Waals surface area contributed by atoms with Crippen molar-refractivity contribution in [1.29, 1.82) is 0 Å². The molecule has 8 heteroatoms. The van der Waals surface area contributed by atoms with Crippen LogP contribution < -0.4 is 5.69 Å². The zero-order valence-electron chi connectivity index (χ0n) is 17.5. The second-order valence-electron chi connectivity index (χ2n) is 8.60. The molecule has 164 valence electrons. The van der Waals surface area contributed by atoms with E-state index in [1.54, 1.807) is 10.9 Å². The van der Waals surface area contributed by atoms with Crippen molar-refractivity contribution in [1.82, 2.24) is 19.2 Å². The standard InChI is InChI=1S/C22H30N4O3.ClH/c1-24-12-10-17-5-8-20(14-18(17)11-13-24)26-22(29)25(15-23-26)19-6-2-16(3-7-19)4-9-21(27)28;/h5,8,14-16,19H,2-4,6-7,9-13H2,1H3,(H,27,28);1H/t16-,19-;. The number of likely N-dealkylation sites (N-methyl/N-ethyl adjacent to an activating group) is 1. The van der Waals surface area contributed by atoms with E-state index in [0.717, 1.165) is 63.7 Å². The minimum Gasteiger partial charge on any atom is -0.481 e. The molecule has 0 saturated heterocycles. The number of benzene rings is 1. The van der Waals surface area contributed by atoms with Gasteiger partial charge in [0.05, 0.1) is 5.69 Å². The second-order valence-corrected chi connectivity index (χ2v) is 8.60. The van der Waals surface area contributed by atoms with E-state index in [9.17, 15) is 9.59 Å². The summed E-state index contributed by atoms with van der Waals surface area (Å²) in [4.78, 5) is 26.1. The second kappa shape index (κ2) is 9.79. The Balaban J connectivity index is 0.00000256. The molecular weight excluding hydrogens is 404 g/mol. The lowest BCUT2D eigenvalue weighted by molar-refractivity contribution is -0.137. The molecule has 7 nitrogen and oxygen atoms in total. The van der Waals surface area contributed by atoms with Crippen LogP contribution in [0.1, 0.15) is 55.7 Å². The average molecular weight is 435 g/mol. The van der Waals surface area contributed by atoms with Gasteiger partial charge in [-0.2, -0.15) is 9.78 Å². The number of hydrogen-bond acceptors (Lipinski definition) is 4. The lowest BCUT2D eigenvalue weighted by Gasteiger charge is -2.28. The molecule has 0 bridgehead atoms. The first-order valence-corrected chi connectivity index (χ1v) is 10.7. The lowest BCUT2D eigenvalue weighted by Crippen LogP contribution is -2.29. The van der Waals surface area contributed by atoms with E-state index in [2.05, 4.69) is 29.2 Å². The van der Waals surface area contributed by atoms with E-state index in [0.29, 0.717) is 5.92 Å². The zero-order valence-corrected chi connectivity index (χ0v) is 18.3. The maximum Gasteiger partial charge on any atom is 0.350 e. The summed E-state index contributed by atoms with van der Waals surface area (Å²) in [6, 6.07) is 6.43.